The maximum absolute atomic E-state index is 11.1. The second-order valence-corrected chi connectivity index (χ2v) is 3.51. The van der Waals surface area contributed by atoms with E-state index in [9.17, 15) is 4.79 Å². The summed E-state index contributed by atoms with van der Waals surface area (Å²) in [5.74, 6) is -0.0607. The number of carbonyl (C=O) groups excluding carboxylic acids is 1. The highest BCUT2D eigenvalue weighted by Crippen LogP contribution is 2.25. The van der Waals surface area contributed by atoms with Gasteiger partial charge in [-0.25, -0.2) is 0 Å². The third-order valence-electron chi connectivity index (χ3n) is 2.29. The van der Waals surface area contributed by atoms with E-state index in [-0.39, 0.29) is 5.91 Å². The molecule has 2 rings (SSSR count). The van der Waals surface area contributed by atoms with Gasteiger partial charge in [-0.1, -0.05) is 19.9 Å². The van der Waals surface area contributed by atoms with E-state index in [1.165, 1.54) is 6.92 Å². The Morgan fingerprint density at radius 2 is 1.94 bits per heavy atom. The SMILES string of the molecule is CC.CC(=O)Nc1c(C)ccc2ncccc12. The molecular formula is C14H18N2O. The second kappa shape index (κ2) is 5.99. The van der Waals surface area contributed by atoms with Gasteiger partial charge < -0.3 is 5.32 Å². The predicted octanol–water partition coefficient (Wildman–Crippen LogP) is 3.53. The highest BCUT2D eigenvalue weighted by atomic mass is 16.1. The van der Waals surface area contributed by atoms with Crippen LogP contribution in [0.3, 0.4) is 0 Å². The molecule has 0 radical (unpaired) electrons. The van der Waals surface area contributed by atoms with Gasteiger partial charge in [-0.05, 0) is 30.7 Å². The van der Waals surface area contributed by atoms with Gasteiger partial charge in [0.05, 0.1) is 11.2 Å². The lowest BCUT2D eigenvalue weighted by atomic mass is 10.1. The number of fused-ring (bicyclic) bond motifs is 1. The first-order chi connectivity index (χ1) is 8.18. The number of anilines is 1. The van der Waals surface area contributed by atoms with E-state index in [1.54, 1.807) is 6.20 Å². The molecule has 3 nitrogen and oxygen atoms in total. The zero-order valence-electron chi connectivity index (χ0n) is 10.7. The van der Waals surface area contributed by atoms with Gasteiger partial charge in [-0.2, -0.15) is 0 Å². The number of amides is 1. The Balaban J connectivity index is 0.000000686. The molecule has 0 atom stereocenters. The summed E-state index contributed by atoms with van der Waals surface area (Å²) >= 11 is 0. The van der Waals surface area contributed by atoms with Crippen molar-refractivity contribution >= 4 is 22.5 Å². The molecule has 1 aromatic heterocycles. The minimum atomic E-state index is -0.0607. The zero-order valence-corrected chi connectivity index (χ0v) is 10.7. The molecule has 0 aliphatic rings. The molecule has 1 N–H and O–H groups in total. The van der Waals surface area contributed by atoms with E-state index in [0.29, 0.717) is 0 Å². The second-order valence-electron chi connectivity index (χ2n) is 3.51. The molecule has 0 spiro atoms. The van der Waals surface area contributed by atoms with Crippen LogP contribution in [0.2, 0.25) is 0 Å². The van der Waals surface area contributed by atoms with Gasteiger partial charge in [0.15, 0.2) is 0 Å². The molecule has 3 heteroatoms. The number of hydrogen-bond donors (Lipinski definition) is 1. The Kier molecular flexibility index (Phi) is 4.64. The minimum Gasteiger partial charge on any atom is -0.325 e. The number of pyridine rings is 1. The van der Waals surface area contributed by atoms with Crippen LogP contribution in [0.5, 0.6) is 0 Å². The quantitative estimate of drug-likeness (QED) is 0.814. The highest BCUT2D eigenvalue weighted by Gasteiger charge is 2.05. The van der Waals surface area contributed by atoms with E-state index < -0.39 is 0 Å². The van der Waals surface area contributed by atoms with Crippen molar-refractivity contribution in [1.29, 1.82) is 0 Å². The van der Waals surface area contributed by atoms with Crippen molar-refractivity contribution in [2.24, 2.45) is 0 Å². The summed E-state index contributed by atoms with van der Waals surface area (Å²) in [6.45, 7) is 7.48. The Hall–Kier alpha value is -1.90. The average molecular weight is 230 g/mol. The third-order valence-corrected chi connectivity index (χ3v) is 2.29. The van der Waals surface area contributed by atoms with Gasteiger partial charge in [-0.15, -0.1) is 0 Å². The summed E-state index contributed by atoms with van der Waals surface area (Å²) in [6.07, 6.45) is 1.75. The number of benzene rings is 1. The van der Waals surface area contributed by atoms with Gasteiger partial charge in [0.1, 0.15) is 0 Å². The van der Waals surface area contributed by atoms with Crippen molar-refractivity contribution in [2.75, 3.05) is 5.32 Å². The van der Waals surface area contributed by atoms with Gasteiger partial charge >= 0.3 is 0 Å². The average Bonchev–Trinajstić information content (AvgIpc) is 2.35. The summed E-state index contributed by atoms with van der Waals surface area (Å²) < 4.78 is 0. The van der Waals surface area contributed by atoms with Gasteiger partial charge in [-0.3, -0.25) is 9.78 Å². The van der Waals surface area contributed by atoms with Crippen molar-refractivity contribution in [2.45, 2.75) is 27.7 Å². The molecular weight excluding hydrogens is 212 g/mol. The number of carbonyl (C=O) groups is 1. The lowest BCUT2D eigenvalue weighted by Gasteiger charge is -2.09. The standard InChI is InChI=1S/C12H12N2O.C2H6/c1-8-5-6-11-10(4-3-7-13-11)12(8)14-9(2)15;1-2/h3-7H,1-2H3,(H,14,15);1-2H3. The molecule has 17 heavy (non-hydrogen) atoms. The Morgan fingerprint density at radius 3 is 2.59 bits per heavy atom. The number of aryl methyl sites for hydroxylation is 1. The van der Waals surface area contributed by atoms with Crippen LogP contribution in [-0.4, -0.2) is 10.9 Å². The summed E-state index contributed by atoms with van der Waals surface area (Å²) in [4.78, 5) is 15.3. The van der Waals surface area contributed by atoms with Crippen LogP contribution < -0.4 is 5.32 Å². The van der Waals surface area contributed by atoms with Crippen LogP contribution in [0.1, 0.15) is 26.3 Å². The number of rotatable bonds is 1. The summed E-state index contributed by atoms with van der Waals surface area (Å²) in [7, 11) is 0. The molecule has 0 aliphatic heterocycles. The van der Waals surface area contributed by atoms with E-state index in [1.807, 2.05) is 45.0 Å². The van der Waals surface area contributed by atoms with E-state index in [2.05, 4.69) is 10.3 Å². The molecule has 0 unspecified atom stereocenters. The van der Waals surface area contributed by atoms with Crippen LogP contribution in [0.4, 0.5) is 5.69 Å². The Labute approximate surface area is 102 Å². The molecule has 1 aromatic carbocycles. The molecule has 1 heterocycles. The van der Waals surface area contributed by atoms with Crippen LogP contribution in [-0.2, 0) is 4.79 Å². The fourth-order valence-electron chi connectivity index (χ4n) is 1.60. The van der Waals surface area contributed by atoms with Crippen molar-refractivity contribution in [3.8, 4) is 0 Å². The predicted molar refractivity (Wildman–Crippen MR) is 72.1 cm³/mol. The van der Waals surface area contributed by atoms with Crippen LogP contribution >= 0.6 is 0 Å². The molecule has 0 aliphatic carbocycles. The first kappa shape index (κ1) is 13.2. The van der Waals surface area contributed by atoms with Gasteiger partial charge in [0, 0.05) is 18.5 Å². The van der Waals surface area contributed by atoms with E-state index in [0.717, 1.165) is 22.2 Å². The molecule has 2 aromatic rings. The molecule has 0 fully saturated rings. The Morgan fingerprint density at radius 1 is 1.24 bits per heavy atom. The normalized spacial score (nSPS) is 9.41. The van der Waals surface area contributed by atoms with Crippen molar-refractivity contribution in [3.05, 3.63) is 36.0 Å². The largest absolute Gasteiger partial charge is 0.325 e. The van der Waals surface area contributed by atoms with Crippen LogP contribution in [0.15, 0.2) is 30.5 Å². The summed E-state index contributed by atoms with van der Waals surface area (Å²) in [5.41, 5.74) is 2.80. The maximum atomic E-state index is 11.1. The first-order valence-electron chi connectivity index (χ1n) is 5.80. The minimum absolute atomic E-state index is 0.0607. The Bertz CT molecular complexity index is 521. The van der Waals surface area contributed by atoms with Crippen LogP contribution in [0, 0.1) is 6.92 Å². The lowest BCUT2D eigenvalue weighted by Crippen LogP contribution is -2.07. The molecule has 0 saturated carbocycles. The van der Waals surface area contributed by atoms with Crippen LogP contribution in [0.25, 0.3) is 10.9 Å². The molecule has 0 saturated heterocycles. The lowest BCUT2D eigenvalue weighted by molar-refractivity contribution is -0.114. The van der Waals surface area contributed by atoms with Gasteiger partial charge in [0.25, 0.3) is 0 Å². The monoisotopic (exact) mass is 230 g/mol. The summed E-state index contributed by atoms with van der Waals surface area (Å²) in [6, 6.07) is 7.74. The number of hydrogen-bond acceptors (Lipinski definition) is 2. The van der Waals surface area contributed by atoms with Crippen molar-refractivity contribution in [1.82, 2.24) is 4.98 Å². The molecule has 1 amide bonds. The fourth-order valence-corrected chi connectivity index (χ4v) is 1.60. The maximum Gasteiger partial charge on any atom is 0.221 e. The summed E-state index contributed by atoms with van der Waals surface area (Å²) in [5, 5.41) is 3.82. The highest BCUT2D eigenvalue weighted by molar-refractivity contribution is 6.01. The number of aromatic nitrogens is 1. The molecule has 0 bridgehead atoms. The third kappa shape index (κ3) is 3.03. The van der Waals surface area contributed by atoms with Crippen molar-refractivity contribution < 1.29 is 4.79 Å². The molecule has 90 valence electrons. The van der Waals surface area contributed by atoms with Crippen molar-refractivity contribution in [3.63, 3.8) is 0 Å². The van der Waals surface area contributed by atoms with Gasteiger partial charge in [0.2, 0.25) is 5.91 Å². The first-order valence-corrected chi connectivity index (χ1v) is 5.80. The number of nitrogens with zero attached hydrogens (tertiary/aromatic N) is 1. The smallest absolute Gasteiger partial charge is 0.221 e. The van der Waals surface area contributed by atoms with E-state index in [4.69, 9.17) is 0 Å². The van der Waals surface area contributed by atoms with E-state index >= 15 is 0 Å². The zero-order chi connectivity index (χ0) is 12.8. The topological polar surface area (TPSA) is 42.0 Å². The number of nitrogens with one attached hydrogen (secondary N) is 1. The fraction of sp³-hybridized carbons (Fsp3) is 0.286.